The molecule has 1 fully saturated rings. The second kappa shape index (κ2) is 4.27. The van der Waals surface area contributed by atoms with Gasteiger partial charge in [-0.1, -0.05) is 0 Å². The van der Waals surface area contributed by atoms with Gasteiger partial charge in [0.05, 0.1) is 24.3 Å². The Labute approximate surface area is 102 Å². The van der Waals surface area contributed by atoms with Gasteiger partial charge in [-0.25, -0.2) is 0 Å². The van der Waals surface area contributed by atoms with Gasteiger partial charge in [0.25, 0.3) is 0 Å². The number of morpholine rings is 1. The Morgan fingerprint density at radius 3 is 2.88 bits per heavy atom. The first-order chi connectivity index (χ1) is 8.04. The summed E-state index contributed by atoms with van der Waals surface area (Å²) in [6.07, 6.45) is 0. The Morgan fingerprint density at radius 1 is 1.47 bits per heavy atom. The van der Waals surface area contributed by atoms with Crippen LogP contribution in [0.1, 0.15) is 19.4 Å². The Hall–Kier alpha value is -1.73. The van der Waals surface area contributed by atoms with E-state index in [0.29, 0.717) is 17.9 Å². The van der Waals surface area contributed by atoms with Crippen molar-refractivity contribution in [1.29, 1.82) is 5.26 Å². The van der Waals surface area contributed by atoms with E-state index in [1.54, 1.807) is 6.07 Å². The smallest absolute Gasteiger partial charge is 0.101 e. The lowest BCUT2D eigenvalue weighted by molar-refractivity contribution is 0.0644. The summed E-state index contributed by atoms with van der Waals surface area (Å²) in [4.78, 5) is 2.26. The molecule has 0 amide bonds. The minimum Gasteiger partial charge on any atom is -0.398 e. The molecule has 1 aromatic carbocycles. The molecule has 0 aliphatic carbocycles. The second-order valence-corrected chi connectivity index (χ2v) is 4.90. The van der Waals surface area contributed by atoms with Crippen LogP contribution in [0.2, 0.25) is 0 Å². The predicted octanol–water partition coefficient (Wildman–Crippen LogP) is 1.76. The maximum atomic E-state index is 9.00. The SMILES string of the molecule is CC1(C)COCCN1c1ccc(N)c(C#N)c1. The zero-order valence-electron chi connectivity index (χ0n) is 10.2. The minimum absolute atomic E-state index is 0.0545. The van der Waals surface area contributed by atoms with E-state index in [9.17, 15) is 0 Å². The Bertz CT molecular complexity index is 462. The highest BCUT2D eigenvalue weighted by Crippen LogP contribution is 2.29. The van der Waals surface area contributed by atoms with Gasteiger partial charge >= 0.3 is 0 Å². The monoisotopic (exact) mass is 231 g/mol. The molecule has 17 heavy (non-hydrogen) atoms. The summed E-state index contributed by atoms with van der Waals surface area (Å²) in [5.41, 5.74) is 7.77. The summed E-state index contributed by atoms with van der Waals surface area (Å²) in [7, 11) is 0. The third-order valence-electron chi connectivity index (χ3n) is 3.11. The molecule has 90 valence electrons. The van der Waals surface area contributed by atoms with Gasteiger partial charge in [-0.3, -0.25) is 0 Å². The molecule has 0 saturated carbocycles. The lowest BCUT2D eigenvalue weighted by Gasteiger charge is -2.43. The van der Waals surface area contributed by atoms with Gasteiger partial charge < -0.3 is 15.4 Å². The topological polar surface area (TPSA) is 62.3 Å². The number of hydrogen-bond donors (Lipinski definition) is 1. The van der Waals surface area contributed by atoms with Gasteiger partial charge in [-0.2, -0.15) is 5.26 Å². The molecule has 1 aliphatic heterocycles. The lowest BCUT2D eigenvalue weighted by atomic mass is 10.0. The average molecular weight is 231 g/mol. The van der Waals surface area contributed by atoms with Crippen LogP contribution in [0.4, 0.5) is 11.4 Å². The first-order valence-electron chi connectivity index (χ1n) is 5.69. The molecule has 1 saturated heterocycles. The largest absolute Gasteiger partial charge is 0.398 e. The van der Waals surface area contributed by atoms with Crippen LogP contribution < -0.4 is 10.6 Å². The van der Waals surface area contributed by atoms with Crippen LogP contribution in [0, 0.1) is 11.3 Å². The molecule has 2 N–H and O–H groups in total. The Balaban J connectivity index is 2.36. The molecule has 0 unspecified atom stereocenters. The maximum absolute atomic E-state index is 9.00. The average Bonchev–Trinajstić information content (AvgIpc) is 2.30. The molecule has 2 rings (SSSR count). The van der Waals surface area contributed by atoms with E-state index >= 15 is 0 Å². The number of rotatable bonds is 1. The van der Waals surface area contributed by atoms with Gasteiger partial charge in [-0.15, -0.1) is 0 Å². The van der Waals surface area contributed by atoms with Crippen molar-refractivity contribution in [3.8, 4) is 6.07 Å². The van der Waals surface area contributed by atoms with Crippen LogP contribution in [-0.2, 0) is 4.74 Å². The number of benzene rings is 1. The first kappa shape index (κ1) is 11.7. The molecule has 0 atom stereocenters. The molecule has 4 heteroatoms. The van der Waals surface area contributed by atoms with Crippen LogP contribution >= 0.6 is 0 Å². The van der Waals surface area contributed by atoms with Crippen molar-refractivity contribution >= 4 is 11.4 Å². The van der Waals surface area contributed by atoms with Crippen molar-refractivity contribution in [2.24, 2.45) is 0 Å². The van der Waals surface area contributed by atoms with Crippen LogP contribution in [-0.4, -0.2) is 25.3 Å². The van der Waals surface area contributed by atoms with Gasteiger partial charge in [0.2, 0.25) is 0 Å². The standard InChI is InChI=1S/C13H17N3O/c1-13(2)9-17-6-5-16(13)11-3-4-12(15)10(7-11)8-14/h3-4,7H,5-6,9,15H2,1-2H3. The number of nitrogens with zero attached hydrogens (tertiary/aromatic N) is 2. The normalized spacial score (nSPS) is 18.8. The highest BCUT2D eigenvalue weighted by atomic mass is 16.5. The molecule has 0 aromatic heterocycles. The number of nitriles is 1. The van der Waals surface area contributed by atoms with E-state index in [1.807, 2.05) is 12.1 Å². The molecule has 4 nitrogen and oxygen atoms in total. The molecule has 1 aromatic rings. The van der Waals surface area contributed by atoms with Gasteiger partial charge in [0.15, 0.2) is 0 Å². The number of ether oxygens (including phenoxy) is 1. The summed E-state index contributed by atoms with van der Waals surface area (Å²) in [5, 5.41) is 9.00. The Morgan fingerprint density at radius 2 is 2.24 bits per heavy atom. The summed E-state index contributed by atoms with van der Waals surface area (Å²) < 4.78 is 5.49. The zero-order valence-corrected chi connectivity index (χ0v) is 10.2. The van der Waals surface area contributed by atoms with Gasteiger partial charge in [0.1, 0.15) is 6.07 Å². The van der Waals surface area contributed by atoms with Gasteiger partial charge in [-0.05, 0) is 32.0 Å². The fourth-order valence-corrected chi connectivity index (χ4v) is 2.15. The zero-order chi connectivity index (χ0) is 12.5. The van der Waals surface area contributed by atoms with Crippen LogP contribution in [0.25, 0.3) is 0 Å². The van der Waals surface area contributed by atoms with Crippen molar-refractivity contribution in [2.45, 2.75) is 19.4 Å². The number of anilines is 2. The number of nitrogen functional groups attached to an aromatic ring is 1. The van der Waals surface area contributed by atoms with Gasteiger partial charge in [0, 0.05) is 17.9 Å². The summed E-state index contributed by atoms with van der Waals surface area (Å²) in [6, 6.07) is 7.72. The van der Waals surface area contributed by atoms with E-state index in [4.69, 9.17) is 15.7 Å². The number of hydrogen-bond acceptors (Lipinski definition) is 4. The van der Waals surface area contributed by atoms with Crippen LogP contribution in [0.3, 0.4) is 0 Å². The van der Waals surface area contributed by atoms with Crippen LogP contribution in [0.15, 0.2) is 18.2 Å². The molecule has 0 spiro atoms. The molecule has 1 heterocycles. The lowest BCUT2D eigenvalue weighted by Crippen LogP contribution is -2.53. The second-order valence-electron chi connectivity index (χ2n) is 4.90. The number of nitrogens with two attached hydrogens (primary N) is 1. The predicted molar refractivity (Wildman–Crippen MR) is 67.8 cm³/mol. The van der Waals surface area contributed by atoms with Crippen molar-refractivity contribution in [2.75, 3.05) is 30.4 Å². The molecule has 1 aliphatic rings. The third kappa shape index (κ3) is 2.20. The highest BCUT2D eigenvalue weighted by Gasteiger charge is 2.30. The fourth-order valence-electron chi connectivity index (χ4n) is 2.15. The Kier molecular flexibility index (Phi) is 2.95. The van der Waals surface area contributed by atoms with E-state index in [2.05, 4.69) is 24.8 Å². The van der Waals surface area contributed by atoms with E-state index in [0.717, 1.165) is 18.8 Å². The van der Waals surface area contributed by atoms with E-state index < -0.39 is 0 Å². The fraction of sp³-hybridized carbons (Fsp3) is 0.462. The highest BCUT2D eigenvalue weighted by molar-refractivity contribution is 5.63. The summed E-state index contributed by atoms with van der Waals surface area (Å²) in [6.45, 7) is 6.51. The summed E-state index contributed by atoms with van der Waals surface area (Å²) >= 11 is 0. The van der Waals surface area contributed by atoms with E-state index in [1.165, 1.54) is 0 Å². The van der Waals surface area contributed by atoms with Crippen molar-refractivity contribution in [1.82, 2.24) is 0 Å². The van der Waals surface area contributed by atoms with Crippen LogP contribution in [0.5, 0.6) is 0 Å². The minimum atomic E-state index is -0.0545. The van der Waals surface area contributed by atoms with Crippen molar-refractivity contribution in [3.05, 3.63) is 23.8 Å². The summed E-state index contributed by atoms with van der Waals surface area (Å²) in [5.74, 6) is 0. The third-order valence-corrected chi connectivity index (χ3v) is 3.11. The van der Waals surface area contributed by atoms with Crippen molar-refractivity contribution in [3.63, 3.8) is 0 Å². The molecular weight excluding hydrogens is 214 g/mol. The molecule has 0 bridgehead atoms. The molecular formula is C13H17N3O. The quantitative estimate of drug-likeness (QED) is 0.748. The first-order valence-corrected chi connectivity index (χ1v) is 5.69. The maximum Gasteiger partial charge on any atom is 0.101 e. The van der Waals surface area contributed by atoms with E-state index in [-0.39, 0.29) is 5.54 Å². The molecule has 0 radical (unpaired) electrons. The van der Waals surface area contributed by atoms with Crippen molar-refractivity contribution < 1.29 is 4.74 Å².